The molecular formula is C20H26N2O5. The van der Waals surface area contributed by atoms with Crippen LogP contribution in [0.3, 0.4) is 0 Å². The summed E-state index contributed by atoms with van der Waals surface area (Å²) < 4.78 is 11.2. The Balaban J connectivity index is 1.58. The fourth-order valence-corrected chi connectivity index (χ4v) is 4.71. The van der Waals surface area contributed by atoms with E-state index in [1.54, 1.807) is 7.11 Å². The third kappa shape index (κ3) is 3.04. The Morgan fingerprint density at radius 1 is 1.30 bits per heavy atom. The maximum atomic E-state index is 12.7. The first-order valence-electron chi connectivity index (χ1n) is 9.58. The highest BCUT2D eigenvalue weighted by molar-refractivity contribution is 5.81. The topological polar surface area (TPSA) is 79.3 Å². The van der Waals surface area contributed by atoms with E-state index < -0.39 is 11.4 Å². The zero-order chi connectivity index (χ0) is 19.0. The average molecular weight is 374 g/mol. The maximum absolute atomic E-state index is 12.7. The number of aliphatic carboxylic acids is 1. The monoisotopic (exact) mass is 374 g/mol. The molecule has 3 heterocycles. The van der Waals surface area contributed by atoms with Gasteiger partial charge in [0.15, 0.2) is 11.5 Å². The standard InChI is InChI=1S/C20H26N2O5/c1-26-16-7-5-6-14-15-10-21(11-17(23)22-8-3-2-4-9-22)12-20(15,19(24)25)13-27-18(14)16/h5-7,15H,2-4,8-13H2,1H3,(H,24,25)/t15-,20-/m0/s1. The smallest absolute Gasteiger partial charge is 0.315 e. The number of benzene rings is 1. The van der Waals surface area contributed by atoms with Gasteiger partial charge in [-0.05, 0) is 25.3 Å². The van der Waals surface area contributed by atoms with Gasteiger partial charge in [-0.1, -0.05) is 12.1 Å². The lowest BCUT2D eigenvalue weighted by atomic mass is 9.73. The highest BCUT2D eigenvalue weighted by Gasteiger charge is 2.57. The van der Waals surface area contributed by atoms with E-state index in [1.807, 2.05) is 28.0 Å². The predicted molar refractivity (Wildman–Crippen MR) is 98.2 cm³/mol. The number of carbonyl (C=O) groups excluding carboxylic acids is 1. The normalized spacial score (nSPS) is 27.4. The largest absolute Gasteiger partial charge is 0.493 e. The molecule has 1 N–H and O–H groups in total. The zero-order valence-corrected chi connectivity index (χ0v) is 15.6. The van der Waals surface area contributed by atoms with Gasteiger partial charge in [0.05, 0.1) is 13.7 Å². The number of carboxylic acids is 1. The Morgan fingerprint density at radius 2 is 2.07 bits per heavy atom. The average Bonchev–Trinajstić information content (AvgIpc) is 3.08. The Kier molecular flexibility index (Phi) is 4.72. The molecule has 3 aliphatic heterocycles. The zero-order valence-electron chi connectivity index (χ0n) is 15.6. The van der Waals surface area contributed by atoms with Crippen molar-refractivity contribution in [2.24, 2.45) is 5.41 Å². The second-order valence-corrected chi connectivity index (χ2v) is 7.79. The number of rotatable bonds is 4. The van der Waals surface area contributed by atoms with E-state index in [4.69, 9.17) is 9.47 Å². The number of nitrogens with zero attached hydrogens (tertiary/aromatic N) is 2. The molecule has 0 aliphatic carbocycles. The van der Waals surface area contributed by atoms with Crippen molar-refractivity contribution in [1.29, 1.82) is 0 Å². The molecule has 146 valence electrons. The predicted octanol–water partition coefficient (Wildman–Crippen LogP) is 1.57. The molecule has 0 bridgehead atoms. The van der Waals surface area contributed by atoms with Crippen LogP contribution < -0.4 is 9.47 Å². The first-order chi connectivity index (χ1) is 13.0. The number of ether oxygens (including phenoxy) is 2. The minimum Gasteiger partial charge on any atom is -0.493 e. The summed E-state index contributed by atoms with van der Waals surface area (Å²) in [6.45, 7) is 2.84. The van der Waals surface area contributed by atoms with E-state index >= 15 is 0 Å². The molecule has 0 unspecified atom stereocenters. The van der Waals surface area contributed by atoms with Crippen molar-refractivity contribution in [3.8, 4) is 11.5 Å². The third-order valence-corrected chi connectivity index (χ3v) is 6.19. The van der Waals surface area contributed by atoms with Crippen molar-refractivity contribution >= 4 is 11.9 Å². The number of likely N-dealkylation sites (tertiary alicyclic amines) is 2. The number of amides is 1. The van der Waals surface area contributed by atoms with Gasteiger partial charge in [0.2, 0.25) is 5.91 Å². The summed E-state index contributed by atoms with van der Waals surface area (Å²) in [5.41, 5.74) is -0.169. The highest BCUT2D eigenvalue weighted by Crippen LogP contribution is 2.52. The van der Waals surface area contributed by atoms with Gasteiger partial charge in [-0.2, -0.15) is 0 Å². The molecule has 3 aliphatic rings. The van der Waals surface area contributed by atoms with Gasteiger partial charge in [0, 0.05) is 37.7 Å². The molecular weight excluding hydrogens is 348 g/mol. The number of piperidine rings is 1. The van der Waals surface area contributed by atoms with Gasteiger partial charge >= 0.3 is 5.97 Å². The van der Waals surface area contributed by atoms with Gasteiger partial charge in [-0.3, -0.25) is 14.5 Å². The van der Waals surface area contributed by atoms with Crippen LogP contribution in [-0.2, 0) is 9.59 Å². The molecule has 0 spiro atoms. The van der Waals surface area contributed by atoms with E-state index in [9.17, 15) is 14.7 Å². The summed E-state index contributed by atoms with van der Waals surface area (Å²) in [6.07, 6.45) is 3.27. The summed E-state index contributed by atoms with van der Waals surface area (Å²) in [5, 5.41) is 10.0. The van der Waals surface area contributed by atoms with Crippen LogP contribution in [0.25, 0.3) is 0 Å². The van der Waals surface area contributed by atoms with Crippen LogP contribution in [-0.4, -0.2) is 73.2 Å². The number of hydrogen-bond acceptors (Lipinski definition) is 5. The van der Waals surface area contributed by atoms with Crippen molar-refractivity contribution < 1.29 is 24.2 Å². The van der Waals surface area contributed by atoms with Gasteiger partial charge in [-0.25, -0.2) is 0 Å². The van der Waals surface area contributed by atoms with Crippen molar-refractivity contribution in [3.63, 3.8) is 0 Å². The number of methoxy groups -OCH3 is 1. The van der Waals surface area contributed by atoms with Gasteiger partial charge < -0.3 is 19.5 Å². The maximum Gasteiger partial charge on any atom is 0.315 e. The lowest BCUT2D eigenvalue weighted by Crippen LogP contribution is -2.46. The van der Waals surface area contributed by atoms with E-state index in [-0.39, 0.29) is 25.0 Å². The molecule has 0 saturated carbocycles. The molecule has 0 radical (unpaired) electrons. The molecule has 0 aromatic heterocycles. The Bertz CT molecular complexity index is 746. The number of fused-ring (bicyclic) bond motifs is 3. The first-order valence-corrected chi connectivity index (χ1v) is 9.58. The van der Waals surface area contributed by atoms with Crippen molar-refractivity contribution in [1.82, 2.24) is 9.80 Å². The summed E-state index contributed by atoms with van der Waals surface area (Å²) in [6, 6.07) is 5.59. The molecule has 27 heavy (non-hydrogen) atoms. The van der Waals surface area contributed by atoms with Crippen LogP contribution >= 0.6 is 0 Å². The Labute approximate surface area is 158 Å². The summed E-state index contributed by atoms with van der Waals surface area (Å²) in [7, 11) is 1.58. The number of carboxylic acid groups (broad SMARTS) is 1. The SMILES string of the molecule is COc1cccc2c1OC[C@@]1(C(=O)O)CN(CC(=O)N3CCCCC3)C[C@@H]21. The summed E-state index contributed by atoms with van der Waals surface area (Å²) in [4.78, 5) is 28.8. The second-order valence-electron chi connectivity index (χ2n) is 7.79. The van der Waals surface area contributed by atoms with Crippen LogP contribution in [0.2, 0.25) is 0 Å². The second kappa shape index (κ2) is 7.03. The molecule has 2 atom stereocenters. The van der Waals surface area contributed by atoms with Crippen LogP contribution in [0, 0.1) is 5.41 Å². The lowest BCUT2D eigenvalue weighted by molar-refractivity contribution is -0.152. The molecule has 1 amide bonds. The molecule has 7 nitrogen and oxygen atoms in total. The third-order valence-electron chi connectivity index (χ3n) is 6.19. The molecule has 4 rings (SSSR count). The summed E-state index contributed by atoms with van der Waals surface area (Å²) >= 11 is 0. The van der Waals surface area contributed by atoms with E-state index in [1.165, 1.54) is 6.42 Å². The van der Waals surface area contributed by atoms with Crippen LogP contribution in [0.4, 0.5) is 0 Å². The van der Waals surface area contributed by atoms with Crippen LogP contribution in [0.5, 0.6) is 11.5 Å². The fraction of sp³-hybridized carbons (Fsp3) is 0.600. The lowest BCUT2D eigenvalue weighted by Gasteiger charge is -2.36. The van der Waals surface area contributed by atoms with Crippen LogP contribution in [0.1, 0.15) is 30.7 Å². The molecule has 2 fully saturated rings. The minimum atomic E-state index is -1.03. The minimum absolute atomic E-state index is 0.0920. The van der Waals surface area contributed by atoms with E-state index in [0.29, 0.717) is 24.6 Å². The van der Waals surface area contributed by atoms with Crippen LogP contribution in [0.15, 0.2) is 18.2 Å². The van der Waals surface area contributed by atoms with Crippen molar-refractivity contribution in [3.05, 3.63) is 23.8 Å². The quantitative estimate of drug-likeness (QED) is 0.862. The van der Waals surface area contributed by atoms with Gasteiger partial charge in [0.1, 0.15) is 12.0 Å². The Morgan fingerprint density at radius 3 is 2.78 bits per heavy atom. The Hall–Kier alpha value is -2.28. The number of hydrogen-bond donors (Lipinski definition) is 1. The number of para-hydroxylation sites is 1. The van der Waals surface area contributed by atoms with Crippen molar-refractivity contribution in [2.75, 3.05) is 46.4 Å². The van der Waals surface area contributed by atoms with E-state index in [2.05, 4.69) is 0 Å². The molecule has 7 heteroatoms. The van der Waals surface area contributed by atoms with Crippen molar-refractivity contribution in [2.45, 2.75) is 25.2 Å². The molecule has 2 saturated heterocycles. The first kappa shape index (κ1) is 18.1. The van der Waals surface area contributed by atoms with Gasteiger partial charge in [0.25, 0.3) is 0 Å². The molecule has 1 aromatic carbocycles. The highest BCUT2D eigenvalue weighted by atomic mass is 16.5. The fourth-order valence-electron chi connectivity index (χ4n) is 4.71. The van der Waals surface area contributed by atoms with E-state index in [0.717, 1.165) is 31.5 Å². The summed E-state index contributed by atoms with van der Waals surface area (Å²) in [5.74, 6) is 0.262. The molecule has 1 aromatic rings. The van der Waals surface area contributed by atoms with Gasteiger partial charge in [-0.15, -0.1) is 0 Å². The number of carbonyl (C=O) groups is 2.